The van der Waals surface area contributed by atoms with E-state index in [1.165, 1.54) is 33.8 Å². The van der Waals surface area contributed by atoms with Crippen molar-refractivity contribution in [2.75, 3.05) is 0 Å². The van der Waals surface area contributed by atoms with Gasteiger partial charge in [-0.05, 0) is 50.2 Å². The number of benzene rings is 2. The molecule has 1 fully saturated rings. The number of rotatable bonds is 14. The summed E-state index contributed by atoms with van der Waals surface area (Å²) in [7, 11) is 0. The van der Waals surface area contributed by atoms with Crippen LogP contribution >= 0.6 is 0 Å². The summed E-state index contributed by atoms with van der Waals surface area (Å²) >= 11 is 0. The number of esters is 1. The number of ether oxygens (including phenoxy) is 1. The number of allylic oxidation sites excluding steroid dienone is 1. The van der Waals surface area contributed by atoms with Crippen LogP contribution in [0.5, 0.6) is 0 Å². The molecule has 0 spiro atoms. The number of carbonyl (C=O) groups is 8. The fourth-order valence-corrected chi connectivity index (χ4v) is 6.19. The van der Waals surface area contributed by atoms with Gasteiger partial charge in [-0.15, -0.1) is 0 Å². The Morgan fingerprint density at radius 3 is 1.72 bits per heavy atom. The Balaban J connectivity index is 1.97. The summed E-state index contributed by atoms with van der Waals surface area (Å²) in [5.74, 6) is -6.37. The van der Waals surface area contributed by atoms with Crippen LogP contribution in [0.2, 0.25) is 0 Å². The van der Waals surface area contributed by atoms with Crippen molar-refractivity contribution >= 4 is 47.3 Å². The van der Waals surface area contributed by atoms with Gasteiger partial charge in [0.2, 0.25) is 41.4 Å². The highest BCUT2D eigenvalue weighted by Crippen LogP contribution is 2.13. The van der Waals surface area contributed by atoms with Crippen molar-refractivity contribution in [3.63, 3.8) is 0 Å². The minimum absolute atomic E-state index is 0.0462. The molecule has 7 amide bonds. The lowest BCUT2D eigenvalue weighted by atomic mass is 9.99. The molecule has 0 radical (unpaired) electrons. The Bertz CT molecular complexity index is 1820. The predicted molar refractivity (Wildman–Crippen MR) is 215 cm³/mol. The Hall–Kier alpha value is -6.06. The molecular formula is C42H57N7O9. The maximum Gasteiger partial charge on any atom is 0.354 e. The lowest BCUT2D eigenvalue weighted by Gasteiger charge is -2.30. The van der Waals surface area contributed by atoms with Gasteiger partial charge < -0.3 is 42.0 Å². The van der Waals surface area contributed by atoms with Gasteiger partial charge in [-0.2, -0.15) is 0 Å². The summed E-state index contributed by atoms with van der Waals surface area (Å²) in [5.41, 5.74) is 1.19. The first-order valence-corrected chi connectivity index (χ1v) is 19.4. The molecule has 0 aliphatic carbocycles. The second-order valence-corrected chi connectivity index (χ2v) is 15.1. The summed E-state index contributed by atoms with van der Waals surface area (Å²) in [5, 5.41) is 18.4. The molecule has 1 unspecified atom stereocenters. The number of cyclic esters (lactones) is 1. The van der Waals surface area contributed by atoms with Crippen molar-refractivity contribution in [3.05, 3.63) is 83.6 Å². The molecule has 58 heavy (non-hydrogen) atoms. The van der Waals surface area contributed by atoms with Gasteiger partial charge >= 0.3 is 5.97 Å². The van der Waals surface area contributed by atoms with Crippen molar-refractivity contribution in [1.82, 2.24) is 37.2 Å². The lowest BCUT2D eigenvalue weighted by Crippen LogP contribution is -2.62. The van der Waals surface area contributed by atoms with Gasteiger partial charge in [0.25, 0.3) is 0 Å². The molecule has 7 atom stereocenters. The van der Waals surface area contributed by atoms with Gasteiger partial charge in [0, 0.05) is 19.8 Å². The highest BCUT2D eigenvalue weighted by atomic mass is 16.5. The first-order valence-electron chi connectivity index (χ1n) is 19.4. The summed E-state index contributed by atoms with van der Waals surface area (Å²) in [6.07, 6.45) is 0.232. The minimum Gasteiger partial charge on any atom is -0.455 e. The summed E-state index contributed by atoms with van der Waals surface area (Å²) in [4.78, 5) is 108. The molecule has 2 aromatic rings. The highest BCUT2D eigenvalue weighted by molar-refractivity contribution is 6.00. The number of nitrogens with one attached hydrogen (secondary N) is 7. The average molecular weight is 804 g/mol. The van der Waals surface area contributed by atoms with E-state index in [2.05, 4.69) is 37.2 Å². The second kappa shape index (κ2) is 22.0. The van der Waals surface area contributed by atoms with Crippen molar-refractivity contribution < 1.29 is 43.1 Å². The molecule has 0 aromatic heterocycles. The zero-order valence-corrected chi connectivity index (χ0v) is 34.3. The molecule has 7 N–H and O–H groups in total. The standard InChI is InChI=1S/C42H57N7O9/c1-9-30-42(57)58-26(7)35(41(56)48-34(24(4)5)40(55)43-25(6)36(51)45-30)49-39(54)33(22-29-18-14-11-15-19-29)47-37(52)31(20-23(2)3)46-38(53)32(44-27(8)50)21-28-16-12-10-13-17-28/h9-19,23-26,31-35H,20-22H2,1-8H3,(H,43,55)(H,44,50)(H,45,51)(H,46,53)(H,47,52)(H,48,56)(H,49,54)/b30-9-/t25-,26+,31+,32+,33-,34?,35-/m0/s1. The molecule has 2 aromatic carbocycles. The fourth-order valence-electron chi connectivity index (χ4n) is 6.19. The van der Waals surface area contributed by atoms with Gasteiger partial charge in [0.15, 0.2) is 0 Å². The molecule has 0 saturated carbocycles. The number of hydrogen-bond donors (Lipinski definition) is 7. The monoisotopic (exact) mass is 803 g/mol. The summed E-state index contributed by atoms with van der Waals surface area (Å²) < 4.78 is 5.59. The quantitative estimate of drug-likeness (QED) is 0.107. The zero-order chi connectivity index (χ0) is 43.1. The van der Waals surface area contributed by atoms with Crippen molar-refractivity contribution in [2.24, 2.45) is 11.8 Å². The minimum atomic E-state index is -1.59. The van der Waals surface area contributed by atoms with Gasteiger partial charge in [0.1, 0.15) is 48.1 Å². The van der Waals surface area contributed by atoms with E-state index in [-0.39, 0.29) is 30.9 Å². The van der Waals surface area contributed by atoms with E-state index >= 15 is 0 Å². The van der Waals surface area contributed by atoms with Crippen LogP contribution in [-0.2, 0) is 55.9 Å². The van der Waals surface area contributed by atoms with Crippen molar-refractivity contribution in [3.8, 4) is 0 Å². The van der Waals surface area contributed by atoms with E-state index in [9.17, 15) is 38.4 Å². The Labute approximate surface area is 339 Å². The Morgan fingerprint density at radius 2 is 1.22 bits per heavy atom. The van der Waals surface area contributed by atoms with Crippen LogP contribution in [0.25, 0.3) is 0 Å². The van der Waals surface area contributed by atoms with Gasteiger partial charge in [-0.25, -0.2) is 4.79 Å². The molecule has 1 aliphatic heterocycles. The summed E-state index contributed by atoms with van der Waals surface area (Å²) in [6, 6.07) is 10.5. The van der Waals surface area contributed by atoms with Gasteiger partial charge in [-0.3, -0.25) is 33.6 Å². The first-order chi connectivity index (χ1) is 27.4. The average Bonchev–Trinajstić information content (AvgIpc) is 3.16. The molecule has 1 aliphatic rings. The fraction of sp³-hybridized carbons (Fsp3) is 0.476. The molecule has 3 rings (SSSR count). The molecule has 1 saturated heterocycles. The Morgan fingerprint density at radius 1 is 0.707 bits per heavy atom. The maximum atomic E-state index is 14.3. The van der Waals surface area contributed by atoms with Crippen LogP contribution in [0, 0.1) is 11.8 Å². The molecule has 16 heteroatoms. The van der Waals surface area contributed by atoms with Crippen LogP contribution in [-0.4, -0.2) is 89.7 Å². The smallest absolute Gasteiger partial charge is 0.354 e. The third-order valence-corrected chi connectivity index (χ3v) is 9.34. The van der Waals surface area contributed by atoms with Crippen molar-refractivity contribution in [1.29, 1.82) is 0 Å². The van der Waals surface area contributed by atoms with E-state index < -0.39 is 95.6 Å². The molecule has 1 heterocycles. The van der Waals surface area contributed by atoms with Crippen LogP contribution in [0.15, 0.2) is 72.4 Å². The topological polar surface area (TPSA) is 230 Å². The Kier molecular flexibility index (Phi) is 17.6. The number of hydrogen-bond acceptors (Lipinski definition) is 9. The molecule has 0 bridgehead atoms. The largest absolute Gasteiger partial charge is 0.455 e. The molecule has 314 valence electrons. The van der Waals surface area contributed by atoms with Gasteiger partial charge in [0.05, 0.1) is 0 Å². The van der Waals surface area contributed by atoms with E-state index in [4.69, 9.17) is 4.74 Å². The van der Waals surface area contributed by atoms with Crippen molar-refractivity contribution in [2.45, 2.75) is 117 Å². The molecular weight excluding hydrogens is 747 g/mol. The van der Waals surface area contributed by atoms with Crippen LogP contribution in [0.4, 0.5) is 0 Å². The summed E-state index contributed by atoms with van der Waals surface area (Å²) in [6.45, 7) is 12.6. The maximum absolute atomic E-state index is 14.3. The predicted octanol–water partition coefficient (Wildman–Crippen LogP) is 1.09. The highest BCUT2D eigenvalue weighted by Gasteiger charge is 2.38. The van der Waals surface area contributed by atoms with Crippen LogP contribution in [0.3, 0.4) is 0 Å². The zero-order valence-electron chi connectivity index (χ0n) is 34.3. The second-order valence-electron chi connectivity index (χ2n) is 15.1. The third-order valence-electron chi connectivity index (χ3n) is 9.34. The SMILES string of the molecule is C/C=C1\NC(=O)[C@H](C)NC(=O)C(C(C)C)NC(=O)[C@@H](NC(=O)[C@H](Cc2ccccc2)NC(=O)[C@@H](CC(C)C)NC(=O)[C@@H](Cc2ccccc2)NC(C)=O)[C@@H](C)OC1=O. The normalized spacial score (nSPS) is 21.4. The third kappa shape index (κ3) is 14.2. The van der Waals surface area contributed by atoms with Gasteiger partial charge in [-0.1, -0.05) is 94.4 Å². The number of amides is 7. The lowest BCUT2D eigenvalue weighted by molar-refractivity contribution is -0.149. The number of carbonyl (C=O) groups excluding carboxylic acids is 8. The van der Waals surface area contributed by atoms with E-state index in [0.717, 1.165) is 5.56 Å². The molecule has 16 nitrogen and oxygen atoms in total. The van der Waals surface area contributed by atoms with Crippen LogP contribution < -0.4 is 37.2 Å². The van der Waals surface area contributed by atoms with Crippen LogP contribution in [0.1, 0.15) is 72.9 Å². The van der Waals surface area contributed by atoms with E-state index in [1.807, 2.05) is 44.2 Å². The van der Waals surface area contributed by atoms with E-state index in [0.29, 0.717) is 5.56 Å². The first kappa shape index (κ1) is 46.3. The van der Waals surface area contributed by atoms with E-state index in [1.54, 1.807) is 44.2 Å².